The van der Waals surface area contributed by atoms with Crippen molar-refractivity contribution in [1.82, 2.24) is 9.88 Å². The molecule has 2 heterocycles. The molecule has 5 heteroatoms. The van der Waals surface area contributed by atoms with Crippen LogP contribution in [-0.2, 0) is 9.59 Å². The predicted octanol–water partition coefficient (Wildman–Crippen LogP) is 2.06. The molecule has 1 N–H and O–H groups in total. The molecule has 1 atom stereocenters. The number of carbonyl (C=O) groups excluding carboxylic acids is 2. The number of nitrogens with zero attached hydrogens (tertiary/aromatic N) is 2. The maximum atomic E-state index is 12.2. The van der Waals surface area contributed by atoms with E-state index in [4.69, 9.17) is 0 Å². The molecule has 1 aliphatic heterocycles. The lowest BCUT2D eigenvalue weighted by Crippen LogP contribution is -2.43. The van der Waals surface area contributed by atoms with Crippen molar-refractivity contribution in [3.05, 3.63) is 24.5 Å². The molecule has 0 saturated carbocycles. The van der Waals surface area contributed by atoms with Crippen molar-refractivity contribution in [2.75, 3.05) is 18.4 Å². The van der Waals surface area contributed by atoms with Crippen LogP contribution in [0.15, 0.2) is 24.5 Å². The summed E-state index contributed by atoms with van der Waals surface area (Å²) < 4.78 is 0. The van der Waals surface area contributed by atoms with Gasteiger partial charge in [0.2, 0.25) is 11.8 Å². The molecule has 1 aliphatic rings. The molecule has 1 aromatic rings. The van der Waals surface area contributed by atoms with Gasteiger partial charge in [-0.1, -0.05) is 6.92 Å². The van der Waals surface area contributed by atoms with E-state index in [9.17, 15) is 9.59 Å². The number of hydrogen-bond acceptors (Lipinski definition) is 3. The zero-order chi connectivity index (χ0) is 14.4. The fourth-order valence-corrected chi connectivity index (χ4v) is 2.47. The van der Waals surface area contributed by atoms with Gasteiger partial charge in [-0.05, 0) is 31.4 Å². The Morgan fingerprint density at radius 3 is 3.05 bits per heavy atom. The van der Waals surface area contributed by atoms with Gasteiger partial charge in [0.1, 0.15) is 0 Å². The molecule has 0 radical (unpaired) electrons. The van der Waals surface area contributed by atoms with Gasteiger partial charge in [0, 0.05) is 25.7 Å². The summed E-state index contributed by atoms with van der Waals surface area (Å²) in [6.45, 7) is 3.30. The highest BCUT2D eigenvalue weighted by atomic mass is 16.2. The molecule has 0 spiro atoms. The number of aromatic nitrogens is 1. The van der Waals surface area contributed by atoms with Gasteiger partial charge in [-0.3, -0.25) is 14.6 Å². The second-order valence-corrected chi connectivity index (χ2v) is 5.16. The first kappa shape index (κ1) is 14.5. The maximum absolute atomic E-state index is 12.2. The number of piperidine rings is 1. The molecule has 0 aromatic carbocycles. The first-order valence-corrected chi connectivity index (χ1v) is 7.19. The van der Waals surface area contributed by atoms with E-state index in [-0.39, 0.29) is 17.7 Å². The Morgan fingerprint density at radius 2 is 2.35 bits per heavy atom. The summed E-state index contributed by atoms with van der Waals surface area (Å²) in [7, 11) is 0. The second-order valence-electron chi connectivity index (χ2n) is 5.16. The average Bonchev–Trinajstić information content (AvgIpc) is 2.48. The van der Waals surface area contributed by atoms with Gasteiger partial charge in [0.25, 0.3) is 0 Å². The van der Waals surface area contributed by atoms with Gasteiger partial charge in [0.15, 0.2) is 0 Å². The van der Waals surface area contributed by atoms with Gasteiger partial charge < -0.3 is 10.2 Å². The molecule has 1 saturated heterocycles. The fourth-order valence-electron chi connectivity index (χ4n) is 2.47. The van der Waals surface area contributed by atoms with Crippen LogP contribution in [0.4, 0.5) is 5.69 Å². The van der Waals surface area contributed by atoms with E-state index in [1.807, 2.05) is 17.9 Å². The Labute approximate surface area is 119 Å². The summed E-state index contributed by atoms with van der Waals surface area (Å²) >= 11 is 0. The molecule has 20 heavy (non-hydrogen) atoms. The molecule has 1 aromatic heterocycles. The zero-order valence-electron chi connectivity index (χ0n) is 11.8. The third kappa shape index (κ3) is 3.79. The predicted molar refractivity (Wildman–Crippen MR) is 77.1 cm³/mol. The summed E-state index contributed by atoms with van der Waals surface area (Å²) in [6.07, 6.45) is 6.43. The summed E-state index contributed by atoms with van der Waals surface area (Å²) in [5, 5.41) is 2.86. The van der Waals surface area contributed by atoms with Gasteiger partial charge in [-0.2, -0.15) is 0 Å². The molecule has 5 nitrogen and oxygen atoms in total. The first-order chi connectivity index (χ1) is 9.70. The molecule has 1 unspecified atom stereocenters. The number of amides is 2. The highest BCUT2D eigenvalue weighted by Crippen LogP contribution is 2.19. The lowest BCUT2D eigenvalue weighted by atomic mass is 9.96. The monoisotopic (exact) mass is 275 g/mol. The number of rotatable bonds is 4. The Morgan fingerprint density at radius 1 is 1.50 bits per heavy atom. The maximum Gasteiger partial charge on any atom is 0.229 e. The second kappa shape index (κ2) is 7.03. The van der Waals surface area contributed by atoms with Crippen LogP contribution in [0.25, 0.3) is 0 Å². The van der Waals surface area contributed by atoms with E-state index in [2.05, 4.69) is 10.3 Å². The molecule has 2 amide bonds. The number of anilines is 1. The molecule has 1 fully saturated rings. The number of carbonyl (C=O) groups is 2. The van der Waals surface area contributed by atoms with Crippen LogP contribution < -0.4 is 5.32 Å². The van der Waals surface area contributed by atoms with Crippen molar-refractivity contribution < 1.29 is 9.59 Å². The fraction of sp³-hybridized carbons (Fsp3) is 0.533. The van der Waals surface area contributed by atoms with Crippen molar-refractivity contribution in [2.24, 2.45) is 5.92 Å². The third-order valence-corrected chi connectivity index (χ3v) is 3.54. The van der Waals surface area contributed by atoms with Gasteiger partial charge in [0.05, 0.1) is 17.8 Å². The normalized spacial score (nSPS) is 18.6. The highest BCUT2D eigenvalue weighted by molar-refractivity contribution is 5.93. The van der Waals surface area contributed by atoms with E-state index < -0.39 is 0 Å². The average molecular weight is 275 g/mol. The first-order valence-electron chi connectivity index (χ1n) is 7.19. The lowest BCUT2D eigenvalue weighted by Gasteiger charge is -2.32. The quantitative estimate of drug-likeness (QED) is 0.915. The SMILES string of the molecule is CCCC(=O)N1CCCC(C(=O)Nc2cccnc2)C1. The van der Waals surface area contributed by atoms with Crippen molar-refractivity contribution in [2.45, 2.75) is 32.6 Å². The minimum Gasteiger partial charge on any atom is -0.342 e. The van der Waals surface area contributed by atoms with E-state index in [0.717, 1.165) is 25.8 Å². The van der Waals surface area contributed by atoms with E-state index in [0.29, 0.717) is 18.7 Å². The Balaban J connectivity index is 1.91. The summed E-state index contributed by atoms with van der Waals surface area (Å²) in [6, 6.07) is 3.60. The summed E-state index contributed by atoms with van der Waals surface area (Å²) in [5.74, 6) is 0.0168. The van der Waals surface area contributed by atoms with Crippen molar-refractivity contribution >= 4 is 17.5 Å². The van der Waals surface area contributed by atoms with Gasteiger partial charge in [-0.15, -0.1) is 0 Å². The van der Waals surface area contributed by atoms with Crippen molar-refractivity contribution in [1.29, 1.82) is 0 Å². The van der Waals surface area contributed by atoms with Crippen LogP contribution >= 0.6 is 0 Å². The van der Waals surface area contributed by atoms with Crippen LogP contribution in [0.1, 0.15) is 32.6 Å². The Bertz CT molecular complexity index is 461. The van der Waals surface area contributed by atoms with Crippen LogP contribution in [0.2, 0.25) is 0 Å². The highest BCUT2D eigenvalue weighted by Gasteiger charge is 2.27. The zero-order valence-corrected chi connectivity index (χ0v) is 11.8. The third-order valence-electron chi connectivity index (χ3n) is 3.54. The van der Waals surface area contributed by atoms with E-state index in [1.165, 1.54) is 0 Å². The molecular weight excluding hydrogens is 254 g/mol. The Hall–Kier alpha value is -1.91. The summed E-state index contributed by atoms with van der Waals surface area (Å²) in [4.78, 5) is 29.9. The van der Waals surface area contributed by atoms with E-state index >= 15 is 0 Å². The van der Waals surface area contributed by atoms with Crippen LogP contribution in [0.3, 0.4) is 0 Å². The molecule has 0 aliphatic carbocycles. The summed E-state index contributed by atoms with van der Waals surface area (Å²) in [5.41, 5.74) is 0.703. The minimum absolute atomic E-state index is 0.0213. The van der Waals surface area contributed by atoms with Crippen LogP contribution in [0, 0.1) is 5.92 Å². The number of likely N-dealkylation sites (tertiary alicyclic amines) is 1. The topological polar surface area (TPSA) is 62.3 Å². The number of hydrogen-bond donors (Lipinski definition) is 1. The van der Waals surface area contributed by atoms with Crippen molar-refractivity contribution in [3.8, 4) is 0 Å². The molecule has 108 valence electrons. The molecule has 0 bridgehead atoms. The standard InChI is InChI=1S/C15H21N3O2/c1-2-5-14(19)18-9-4-6-12(11-18)15(20)17-13-7-3-8-16-10-13/h3,7-8,10,12H,2,4-6,9,11H2,1H3,(H,17,20). The van der Waals surface area contributed by atoms with Crippen LogP contribution in [-0.4, -0.2) is 34.8 Å². The molecule has 2 rings (SSSR count). The molecular formula is C15H21N3O2. The van der Waals surface area contributed by atoms with Crippen molar-refractivity contribution in [3.63, 3.8) is 0 Å². The lowest BCUT2D eigenvalue weighted by molar-refractivity contribution is -0.134. The van der Waals surface area contributed by atoms with Crippen LogP contribution in [0.5, 0.6) is 0 Å². The smallest absolute Gasteiger partial charge is 0.229 e. The Kier molecular flexibility index (Phi) is 5.09. The minimum atomic E-state index is -0.121. The van der Waals surface area contributed by atoms with Gasteiger partial charge in [-0.25, -0.2) is 0 Å². The number of nitrogens with one attached hydrogen (secondary N) is 1. The van der Waals surface area contributed by atoms with Gasteiger partial charge >= 0.3 is 0 Å². The van der Waals surface area contributed by atoms with E-state index in [1.54, 1.807) is 18.5 Å². The largest absolute Gasteiger partial charge is 0.342 e. The number of pyridine rings is 1.